The maximum atomic E-state index is 13.6. The van der Waals surface area contributed by atoms with Crippen LogP contribution in [-0.2, 0) is 19.6 Å². The van der Waals surface area contributed by atoms with Crippen LogP contribution in [0.15, 0.2) is 36.4 Å². The summed E-state index contributed by atoms with van der Waals surface area (Å²) in [5, 5.41) is 2.56. The number of rotatable bonds is 6. The minimum Gasteiger partial charge on any atom is -0.465 e. The van der Waals surface area contributed by atoms with E-state index in [-0.39, 0.29) is 16.9 Å². The summed E-state index contributed by atoms with van der Waals surface area (Å²) in [4.78, 5) is 24.4. The van der Waals surface area contributed by atoms with Gasteiger partial charge in [0.25, 0.3) is 0 Å². The van der Waals surface area contributed by atoms with E-state index >= 15 is 0 Å². The molecule has 0 fully saturated rings. The highest BCUT2D eigenvalue weighted by atomic mass is 32.2. The molecule has 0 aromatic heterocycles. The van der Waals surface area contributed by atoms with Crippen molar-refractivity contribution in [1.82, 2.24) is 0 Å². The number of aryl methyl sites for hydroxylation is 1. The lowest BCUT2D eigenvalue weighted by atomic mass is 10.1. The number of nitrogens with one attached hydrogen (secondary N) is 1. The number of benzene rings is 2. The summed E-state index contributed by atoms with van der Waals surface area (Å²) < 4.78 is 56.6. The summed E-state index contributed by atoms with van der Waals surface area (Å²) in [6.45, 7) is 2.99. The van der Waals surface area contributed by atoms with Crippen molar-refractivity contribution in [2.75, 3.05) is 23.0 Å². The third-order valence-corrected chi connectivity index (χ3v) is 5.40. The molecule has 0 aliphatic carbocycles. The van der Waals surface area contributed by atoms with Gasteiger partial charge in [-0.05, 0) is 43.7 Å². The number of methoxy groups -OCH3 is 1. The van der Waals surface area contributed by atoms with E-state index in [9.17, 15) is 26.8 Å². The number of amides is 1. The van der Waals surface area contributed by atoms with E-state index in [2.05, 4.69) is 10.1 Å². The van der Waals surface area contributed by atoms with Gasteiger partial charge < -0.3 is 10.1 Å². The van der Waals surface area contributed by atoms with Crippen LogP contribution >= 0.6 is 0 Å². The average molecular weight is 426 g/mol. The van der Waals surface area contributed by atoms with Gasteiger partial charge in [-0.2, -0.15) is 0 Å². The highest BCUT2D eigenvalue weighted by Crippen LogP contribution is 2.24. The summed E-state index contributed by atoms with van der Waals surface area (Å²) in [7, 11) is -2.79. The molecule has 0 aliphatic rings. The van der Waals surface area contributed by atoms with Crippen LogP contribution in [0.25, 0.3) is 0 Å². The number of ether oxygens (including phenoxy) is 1. The Balaban J connectivity index is 2.37. The van der Waals surface area contributed by atoms with E-state index in [4.69, 9.17) is 0 Å². The van der Waals surface area contributed by atoms with Crippen LogP contribution in [0.5, 0.6) is 0 Å². The van der Waals surface area contributed by atoms with Crippen LogP contribution in [-0.4, -0.2) is 39.7 Å². The average Bonchev–Trinajstić information content (AvgIpc) is 2.64. The van der Waals surface area contributed by atoms with Crippen molar-refractivity contribution >= 4 is 33.3 Å². The first-order valence-electron chi connectivity index (χ1n) is 8.40. The molecule has 1 N–H and O–H groups in total. The molecule has 2 aromatic rings. The minimum absolute atomic E-state index is 0.196. The number of halogens is 2. The largest absolute Gasteiger partial charge is 0.465 e. The zero-order chi connectivity index (χ0) is 21.9. The SMILES string of the molecule is COC(=O)c1ccc(C)c(NC(=O)[C@@H](C)N(c2ccc(F)c(F)c2)S(C)(=O)=O)c1. The van der Waals surface area contributed by atoms with Crippen molar-refractivity contribution in [3.8, 4) is 0 Å². The summed E-state index contributed by atoms with van der Waals surface area (Å²) in [6.07, 6.45) is 0.848. The third kappa shape index (κ3) is 5.08. The maximum absolute atomic E-state index is 13.6. The van der Waals surface area contributed by atoms with E-state index in [0.29, 0.717) is 15.9 Å². The molecule has 0 spiro atoms. The smallest absolute Gasteiger partial charge is 0.337 e. The van der Waals surface area contributed by atoms with Gasteiger partial charge in [0.1, 0.15) is 6.04 Å². The van der Waals surface area contributed by atoms with Crippen molar-refractivity contribution in [2.24, 2.45) is 0 Å². The van der Waals surface area contributed by atoms with Crippen LogP contribution in [0.3, 0.4) is 0 Å². The molecule has 156 valence electrons. The first-order valence-corrected chi connectivity index (χ1v) is 10.2. The van der Waals surface area contributed by atoms with Crippen LogP contribution in [0.1, 0.15) is 22.8 Å². The van der Waals surface area contributed by atoms with Gasteiger partial charge in [0.15, 0.2) is 11.6 Å². The molecule has 0 aliphatic heterocycles. The quantitative estimate of drug-likeness (QED) is 0.717. The van der Waals surface area contributed by atoms with Crippen LogP contribution in [0, 0.1) is 18.6 Å². The molecule has 1 atom stereocenters. The second-order valence-corrected chi connectivity index (χ2v) is 8.20. The molecular weight excluding hydrogens is 406 g/mol. The lowest BCUT2D eigenvalue weighted by Gasteiger charge is -2.28. The fraction of sp³-hybridized carbons (Fsp3) is 0.263. The molecule has 1 amide bonds. The Morgan fingerprint density at radius 1 is 1.10 bits per heavy atom. The van der Waals surface area contributed by atoms with Crippen LogP contribution in [0.2, 0.25) is 0 Å². The number of nitrogens with zero attached hydrogens (tertiary/aromatic N) is 1. The topological polar surface area (TPSA) is 92.8 Å². The Kier molecular flexibility index (Phi) is 6.58. The molecule has 2 aromatic carbocycles. The molecule has 0 radical (unpaired) electrons. The highest BCUT2D eigenvalue weighted by Gasteiger charge is 2.30. The molecule has 0 saturated carbocycles. The first-order chi connectivity index (χ1) is 13.5. The summed E-state index contributed by atoms with van der Waals surface area (Å²) in [6, 6.07) is 5.75. The van der Waals surface area contributed by atoms with Gasteiger partial charge in [-0.15, -0.1) is 0 Å². The monoisotopic (exact) mass is 426 g/mol. The highest BCUT2D eigenvalue weighted by molar-refractivity contribution is 7.92. The fourth-order valence-corrected chi connectivity index (χ4v) is 3.84. The van der Waals surface area contributed by atoms with Crippen LogP contribution < -0.4 is 9.62 Å². The van der Waals surface area contributed by atoms with Crippen molar-refractivity contribution in [2.45, 2.75) is 19.9 Å². The van der Waals surface area contributed by atoms with Crippen molar-refractivity contribution in [3.63, 3.8) is 0 Å². The Morgan fingerprint density at radius 3 is 2.31 bits per heavy atom. The zero-order valence-electron chi connectivity index (χ0n) is 16.2. The lowest BCUT2D eigenvalue weighted by molar-refractivity contribution is -0.116. The summed E-state index contributed by atoms with van der Waals surface area (Å²) in [5.74, 6) is -3.72. The van der Waals surface area contributed by atoms with Gasteiger partial charge in [0.05, 0.1) is 24.6 Å². The molecular formula is C19H20F2N2O5S. The fourth-order valence-electron chi connectivity index (χ4n) is 2.67. The predicted octanol–water partition coefficient (Wildman–Crippen LogP) is 2.85. The predicted molar refractivity (Wildman–Crippen MR) is 104 cm³/mol. The van der Waals surface area contributed by atoms with Crippen molar-refractivity contribution in [1.29, 1.82) is 0 Å². The Hall–Kier alpha value is -3.01. The minimum atomic E-state index is -4.01. The van der Waals surface area contributed by atoms with Gasteiger partial charge in [-0.1, -0.05) is 6.07 Å². The molecule has 29 heavy (non-hydrogen) atoms. The number of anilines is 2. The lowest BCUT2D eigenvalue weighted by Crippen LogP contribution is -2.45. The maximum Gasteiger partial charge on any atom is 0.337 e. The molecule has 2 rings (SSSR count). The van der Waals surface area contributed by atoms with Gasteiger partial charge >= 0.3 is 5.97 Å². The second kappa shape index (κ2) is 8.56. The van der Waals surface area contributed by atoms with E-state index in [0.717, 1.165) is 18.4 Å². The van der Waals surface area contributed by atoms with E-state index in [1.54, 1.807) is 13.0 Å². The van der Waals surface area contributed by atoms with E-state index in [1.165, 1.54) is 26.2 Å². The zero-order valence-corrected chi connectivity index (χ0v) is 17.0. The molecule has 0 saturated heterocycles. The van der Waals surface area contributed by atoms with Gasteiger partial charge in [-0.25, -0.2) is 22.0 Å². The number of carbonyl (C=O) groups is 2. The van der Waals surface area contributed by atoms with Crippen LogP contribution in [0.4, 0.5) is 20.2 Å². The van der Waals surface area contributed by atoms with Crippen molar-refractivity contribution in [3.05, 3.63) is 59.2 Å². The summed E-state index contributed by atoms with van der Waals surface area (Å²) in [5.41, 5.74) is 0.899. The Bertz CT molecular complexity index is 1060. The molecule has 10 heteroatoms. The number of hydrogen-bond acceptors (Lipinski definition) is 5. The first kappa shape index (κ1) is 22.3. The summed E-state index contributed by atoms with van der Waals surface area (Å²) >= 11 is 0. The number of sulfonamides is 1. The third-order valence-electron chi connectivity index (χ3n) is 4.16. The molecule has 7 nitrogen and oxygen atoms in total. The standard InChI is InChI=1S/C19H20F2N2O5S/c1-11-5-6-13(19(25)28-3)9-17(11)22-18(24)12(2)23(29(4,26)27)14-7-8-15(20)16(21)10-14/h5-10,12H,1-4H3,(H,22,24)/t12-/m1/s1. The second-order valence-electron chi connectivity index (χ2n) is 6.34. The van der Waals surface area contributed by atoms with E-state index < -0.39 is 39.6 Å². The van der Waals surface area contributed by atoms with E-state index in [1.807, 2.05) is 0 Å². The van der Waals surface area contributed by atoms with Gasteiger partial charge in [-0.3, -0.25) is 9.10 Å². The Morgan fingerprint density at radius 2 is 1.76 bits per heavy atom. The number of hydrogen-bond donors (Lipinski definition) is 1. The van der Waals surface area contributed by atoms with Gasteiger partial charge in [0, 0.05) is 11.8 Å². The van der Waals surface area contributed by atoms with Crippen molar-refractivity contribution < 1.29 is 31.5 Å². The molecule has 0 bridgehead atoms. The molecule has 0 heterocycles. The van der Waals surface area contributed by atoms with Gasteiger partial charge in [0.2, 0.25) is 15.9 Å². The number of carbonyl (C=O) groups excluding carboxylic acids is 2. The Labute approximate surface area is 167 Å². The molecule has 0 unspecified atom stereocenters. The number of esters is 1. The normalized spacial score (nSPS) is 12.2.